The van der Waals surface area contributed by atoms with Gasteiger partial charge in [-0.25, -0.2) is 8.42 Å². The molecule has 1 heterocycles. The highest BCUT2D eigenvalue weighted by atomic mass is 32.2. The van der Waals surface area contributed by atoms with E-state index in [4.69, 9.17) is 0 Å². The Hall–Kier alpha value is -0.910. The van der Waals surface area contributed by atoms with Crippen molar-refractivity contribution in [2.45, 2.75) is 50.6 Å². The van der Waals surface area contributed by atoms with E-state index in [1.54, 1.807) is 12.1 Å². The molecule has 1 aromatic carbocycles. The first kappa shape index (κ1) is 18.9. The molecule has 140 valence electrons. The molecular weight excluding hydrogens is 332 g/mol. The van der Waals surface area contributed by atoms with Gasteiger partial charge in [0.15, 0.2) is 9.84 Å². The number of hydrogen-bond acceptors (Lipinski definition) is 4. The van der Waals surface area contributed by atoms with Crippen molar-refractivity contribution in [2.75, 3.05) is 32.4 Å². The highest BCUT2D eigenvalue weighted by Crippen LogP contribution is 2.32. The van der Waals surface area contributed by atoms with Gasteiger partial charge in [-0.2, -0.15) is 0 Å². The van der Waals surface area contributed by atoms with Crippen LogP contribution < -0.4 is 0 Å². The Labute approximate surface area is 153 Å². The van der Waals surface area contributed by atoms with E-state index in [0.29, 0.717) is 16.9 Å². The van der Waals surface area contributed by atoms with Crippen molar-refractivity contribution in [1.29, 1.82) is 0 Å². The van der Waals surface area contributed by atoms with Crippen LogP contribution in [0.15, 0.2) is 29.2 Å². The zero-order valence-electron chi connectivity index (χ0n) is 15.8. The molecule has 4 nitrogen and oxygen atoms in total. The fraction of sp³-hybridized carbons (Fsp3) is 0.700. The SMILES string of the molecule is CC(C)[C@@H]1CN(Cc2ccc(S(C)(=O)=O)cc2)CCCN1CC1CC1. The molecule has 1 saturated heterocycles. The highest BCUT2D eigenvalue weighted by Gasteiger charge is 2.32. The van der Waals surface area contributed by atoms with Gasteiger partial charge in [-0.1, -0.05) is 26.0 Å². The Bertz CT molecular complexity index is 665. The summed E-state index contributed by atoms with van der Waals surface area (Å²) in [6.07, 6.45) is 5.31. The van der Waals surface area contributed by atoms with Crippen LogP contribution in [-0.4, -0.2) is 56.7 Å². The van der Waals surface area contributed by atoms with Crippen LogP contribution in [0.2, 0.25) is 0 Å². The molecule has 0 radical (unpaired) electrons. The van der Waals surface area contributed by atoms with E-state index in [2.05, 4.69) is 23.6 Å². The predicted octanol–water partition coefficient (Wildman–Crippen LogP) is 3.03. The molecule has 1 aliphatic heterocycles. The van der Waals surface area contributed by atoms with Gasteiger partial charge in [-0.3, -0.25) is 9.80 Å². The first-order valence-electron chi connectivity index (χ1n) is 9.58. The van der Waals surface area contributed by atoms with Crippen LogP contribution >= 0.6 is 0 Å². The smallest absolute Gasteiger partial charge is 0.175 e. The van der Waals surface area contributed by atoms with Crippen molar-refractivity contribution in [3.63, 3.8) is 0 Å². The van der Waals surface area contributed by atoms with Gasteiger partial charge in [0.1, 0.15) is 0 Å². The van der Waals surface area contributed by atoms with Gasteiger partial charge in [0, 0.05) is 31.9 Å². The molecule has 0 aromatic heterocycles. The van der Waals surface area contributed by atoms with E-state index in [0.717, 1.165) is 25.6 Å². The van der Waals surface area contributed by atoms with Crippen LogP contribution in [0.1, 0.15) is 38.7 Å². The Morgan fingerprint density at radius 1 is 1.12 bits per heavy atom. The molecule has 0 bridgehead atoms. The van der Waals surface area contributed by atoms with Gasteiger partial charge in [-0.15, -0.1) is 0 Å². The average Bonchev–Trinajstić information content (AvgIpc) is 3.36. The molecule has 0 amide bonds. The van der Waals surface area contributed by atoms with Gasteiger partial charge in [-0.05, 0) is 61.9 Å². The molecule has 1 saturated carbocycles. The molecular formula is C20H32N2O2S. The minimum absolute atomic E-state index is 0.405. The molecule has 2 fully saturated rings. The second kappa shape index (κ2) is 7.77. The summed E-state index contributed by atoms with van der Waals surface area (Å²) in [5.41, 5.74) is 1.20. The van der Waals surface area contributed by atoms with Crippen LogP contribution in [0, 0.1) is 11.8 Å². The second-order valence-corrected chi connectivity index (χ2v) is 10.3. The van der Waals surface area contributed by atoms with E-state index in [-0.39, 0.29) is 0 Å². The van der Waals surface area contributed by atoms with Crippen LogP contribution in [0.25, 0.3) is 0 Å². The van der Waals surface area contributed by atoms with E-state index in [9.17, 15) is 8.42 Å². The van der Waals surface area contributed by atoms with Crippen LogP contribution in [0.5, 0.6) is 0 Å². The van der Waals surface area contributed by atoms with Gasteiger partial charge >= 0.3 is 0 Å². The summed E-state index contributed by atoms with van der Waals surface area (Å²) in [6.45, 7) is 10.3. The van der Waals surface area contributed by atoms with Crippen LogP contribution in [0.3, 0.4) is 0 Å². The highest BCUT2D eigenvalue weighted by molar-refractivity contribution is 7.90. The molecule has 0 N–H and O–H groups in total. The van der Waals surface area contributed by atoms with Gasteiger partial charge < -0.3 is 0 Å². The van der Waals surface area contributed by atoms with Crippen molar-refractivity contribution in [3.05, 3.63) is 29.8 Å². The second-order valence-electron chi connectivity index (χ2n) is 8.25. The maximum Gasteiger partial charge on any atom is 0.175 e. The minimum atomic E-state index is -3.11. The largest absolute Gasteiger partial charge is 0.299 e. The zero-order valence-corrected chi connectivity index (χ0v) is 16.6. The zero-order chi connectivity index (χ0) is 18.0. The number of hydrogen-bond donors (Lipinski definition) is 0. The third-order valence-corrected chi connectivity index (χ3v) is 6.68. The van der Waals surface area contributed by atoms with E-state index in [1.165, 1.54) is 44.2 Å². The van der Waals surface area contributed by atoms with Gasteiger partial charge in [0.2, 0.25) is 0 Å². The van der Waals surface area contributed by atoms with Crippen molar-refractivity contribution in [1.82, 2.24) is 9.80 Å². The summed E-state index contributed by atoms with van der Waals surface area (Å²) in [7, 11) is -3.11. The molecule has 0 spiro atoms. The molecule has 1 aliphatic carbocycles. The number of nitrogens with zero attached hydrogens (tertiary/aromatic N) is 2. The molecule has 1 atom stereocenters. The first-order valence-corrected chi connectivity index (χ1v) is 11.5. The predicted molar refractivity (Wildman–Crippen MR) is 102 cm³/mol. The summed E-state index contributed by atoms with van der Waals surface area (Å²) < 4.78 is 23.2. The lowest BCUT2D eigenvalue weighted by Crippen LogP contribution is -2.45. The van der Waals surface area contributed by atoms with E-state index in [1.807, 2.05) is 12.1 Å². The maximum absolute atomic E-state index is 11.6. The summed E-state index contributed by atoms with van der Waals surface area (Å²) in [6, 6.07) is 8.03. The van der Waals surface area contributed by atoms with Crippen molar-refractivity contribution in [3.8, 4) is 0 Å². The number of sulfone groups is 1. The summed E-state index contributed by atoms with van der Waals surface area (Å²) in [5.74, 6) is 1.60. The Kier molecular flexibility index (Phi) is 5.86. The van der Waals surface area contributed by atoms with Crippen molar-refractivity contribution >= 4 is 9.84 Å². The summed E-state index contributed by atoms with van der Waals surface area (Å²) in [4.78, 5) is 5.69. The Morgan fingerprint density at radius 3 is 2.36 bits per heavy atom. The van der Waals surface area contributed by atoms with Gasteiger partial charge in [0.25, 0.3) is 0 Å². The molecule has 0 unspecified atom stereocenters. The Balaban J connectivity index is 1.65. The van der Waals surface area contributed by atoms with Crippen molar-refractivity contribution < 1.29 is 8.42 Å². The summed E-state index contributed by atoms with van der Waals surface area (Å²) in [5, 5.41) is 0. The standard InChI is InChI=1S/C20H32N2O2S/c1-16(2)20-15-21(11-4-12-22(20)14-18-5-6-18)13-17-7-9-19(10-8-17)25(3,23)24/h7-10,16,18,20H,4-6,11-15H2,1-3H3/t20-/m0/s1. The normalized spacial score (nSPS) is 23.8. The first-order chi connectivity index (χ1) is 11.8. The third kappa shape index (κ3) is 5.28. The fourth-order valence-corrected chi connectivity index (χ4v) is 4.50. The average molecular weight is 365 g/mol. The fourth-order valence-electron chi connectivity index (χ4n) is 3.87. The lowest BCUT2D eigenvalue weighted by atomic mass is 10.0. The number of rotatable bonds is 6. The van der Waals surface area contributed by atoms with E-state index < -0.39 is 9.84 Å². The van der Waals surface area contributed by atoms with Crippen molar-refractivity contribution in [2.24, 2.45) is 11.8 Å². The molecule has 3 rings (SSSR count). The lowest BCUT2D eigenvalue weighted by Gasteiger charge is -2.34. The lowest BCUT2D eigenvalue weighted by molar-refractivity contribution is 0.132. The maximum atomic E-state index is 11.6. The minimum Gasteiger partial charge on any atom is -0.299 e. The Morgan fingerprint density at radius 2 is 1.80 bits per heavy atom. The summed E-state index contributed by atoms with van der Waals surface area (Å²) >= 11 is 0. The van der Waals surface area contributed by atoms with Crippen LogP contribution in [-0.2, 0) is 16.4 Å². The van der Waals surface area contributed by atoms with Crippen LogP contribution in [0.4, 0.5) is 0 Å². The third-order valence-electron chi connectivity index (χ3n) is 5.55. The monoisotopic (exact) mass is 364 g/mol. The quantitative estimate of drug-likeness (QED) is 0.778. The van der Waals surface area contributed by atoms with Gasteiger partial charge in [0.05, 0.1) is 4.90 Å². The topological polar surface area (TPSA) is 40.6 Å². The molecule has 5 heteroatoms. The molecule has 2 aliphatic rings. The molecule has 1 aromatic rings. The number of benzene rings is 1. The molecule has 25 heavy (non-hydrogen) atoms. The van der Waals surface area contributed by atoms with E-state index >= 15 is 0 Å².